The van der Waals surface area contributed by atoms with Gasteiger partial charge in [-0.05, 0) is 57.1 Å². The van der Waals surface area contributed by atoms with E-state index in [0.29, 0.717) is 18.1 Å². The normalized spacial score (nSPS) is 33.2. The smallest absolute Gasteiger partial charge is 0.270 e. The quantitative estimate of drug-likeness (QED) is 0.899. The topological polar surface area (TPSA) is 51.3 Å². The van der Waals surface area contributed by atoms with E-state index in [1.165, 1.54) is 19.3 Å². The van der Waals surface area contributed by atoms with Gasteiger partial charge in [-0.2, -0.15) is 0 Å². The third-order valence-electron chi connectivity index (χ3n) is 5.47. The SMILES string of the molecule is NC1CC2CCC(C1)N2C(=O)c1cccn1C1CCC1. The van der Waals surface area contributed by atoms with Gasteiger partial charge < -0.3 is 15.2 Å². The first kappa shape index (κ1) is 12.5. The molecule has 2 aliphatic heterocycles. The number of aromatic nitrogens is 1. The number of carbonyl (C=O) groups is 1. The molecule has 1 amide bonds. The molecule has 2 bridgehead atoms. The second kappa shape index (κ2) is 4.62. The summed E-state index contributed by atoms with van der Waals surface area (Å²) in [6, 6.07) is 5.60. The van der Waals surface area contributed by atoms with Gasteiger partial charge in [-0.3, -0.25) is 4.79 Å². The van der Waals surface area contributed by atoms with Gasteiger partial charge in [0.05, 0.1) is 0 Å². The molecular formula is C16H23N3O. The van der Waals surface area contributed by atoms with Crippen molar-refractivity contribution in [3.8, 4) is 0 Å². The first-order chi connectivity index (χ1) is 9.74. The van der Waals surface area contributed by atoms with Gasteiger partial charge in [-0.15, -0.1) is 0 Å². The molecule has 2 saturated heterocycles. The van der Waals surface area contributed by atoms with Crippen molar-refractivity contribution in [2.24, 2.45) is 5.73 Å². The summed E-state index contributed by atoms with van der Waals surface area (Å²) in [5.41, 5.74) is 6.99. The number of piperidine rings is 1. The summed E-state index contributed by atoms with van der Waals surface area (Å²) >= 11 is 0. The first-order valence-corrected chi connectivity index (χ1v) is 7.99. The molecule has 108 valence electrons. The highest BCUT2D eigenvalue weighted by Gasteiger charge is 2.43. The van der Waals surface area contributed by atoms with Crippen LogP contribution in [0.1, 0.15) is 61.5 Å². The molecule has 4 rings (SSSR count). The Labute approximate surface area is 119 Å². The Kier molecular flexibility index (Phi) is 2.88. The van der Waals surface area contributed by atoms with E-state index in [9.17, 15) is 4.79 Å². The van der Waals surface area contributed by atoms with Crippen molar-refractivity contribution in [2.75, 3.05) is 0 Å². The second-order valence-electron chi connectivity index (χ2n) is 6.71. The molecule has 4 heteroatoms. The minimum absolute atomic E-state index is 0.237. The summed E-state index contributed by atoms with van der Waals surface area (Å²) in [6.07, 6.45) is 10.0. The van der Waals surface area contributed by atoms with Gasteiger partial charge in [0, 0.05) is 30.4 Å². The van der Waals surface area contributed by atoms with Gasteiger partial charge in [-0.1, -0.05) is 0 Å². The van der Waals surface area contributed by atoms with E-state index in [1.54, 1.807) is 0 Å². The van der Waals surface area contributed by atoms with Crippen molar-refractivity contribution in [3.63, 3.8) is 0 Å². The molecule has 2 unspecified atom stereocenters. The number of nitrogens with zero attached hydrogens (tertiary/aromatic N) is 2. The maximum absolute atomic E-state index is 13.0. The number of fused-ring (bicyclic) bond motifs is 2. The van der Waals surface area contributed by atoms with Crippen LogP contribution in [0.4, 0.5) is 0 Å². The van der Waals surface area contributed by atoms with E-state index < -0.39 is 0 Å². The lowest BCUT2D eigenvalue weighted by Gasteiger charge is -2.38. The number of rotatable bonds is 2. The van der Waals surface area contributed by atoms with Crippen LogP contribution in [0.2, 0.25) is 0 Å². The molecule has 2 atom stereocenters. The van der Waals surface area contributed by atoms with Crippen LogP contribution in [0.3, 0.4) is 0 Å². The van der Waals surface area contributed by atoms with E-state index in [1.807, 2.05) is 12.1 Å². The highest BCUT2D eigenvalue weighted by atomic mass is 16.2. The number of nitrogens with two attached hydrogens (primary N) is 1. The zero-order valence-corrected chi connectivity index (χ0v) is 11.9. The van der Waals surface area contributed by atoms with Gasteiger partial charge in [0.2, 0.25) is 0 Å². The molecule has 1 saturated carbocycles. The van der Waals surface area contributed by atoms with Crippen molar-refractivity contribution < 1.29 is 4.79 Å². The van der Waals surface area contributed by atoms with Crippen LogP contribution >= 0.6 is 0 Å². The summed E-state index contributed by atoms with van der Waals surface area (Å²) in [6.45, 7) is 0. The Bertz CT molecular complexity index is 506. The summed E-state index contributed by atoms with van der Waals surface area (Å²) in [5, 5.41) is 0. The molecule has 2 N–H and O–H groups in total. The molecule has 3 aliphatic rings. The summed E-state index contributed by atoms with van der Waals surface area (Å²) < 4.78 is 2.21. The fourth-order valence-corrected chi connectivity index (χ4v) is 4.24. The highest BCUT2D eigenvalue weighted by Crippen LogP contribution is 2.38. The van der Waals surface area contributed by atoms with Crippen LogP contribution in [0.5, 0.6) is 0 Å². The van der Waals surface area contributed by atoms with Crippen molar-refractivity contribution in [1.29, 1.82) is 0 Å². The zero-order chi connectivity index (χ0) is 13.7. The monoisotopic (exact) mass is 273 g/mol. The minimum atomic E-state index is 0.237. The van der Waals surface area contributed by atoms with Crippen LogP contribution in [0.15, 0.2) is 18.3 Å². The Morgan fingerprint density at radius 3 is 2.40 bits per heavy atom. The molecular weight excluding hydrogens is 250 g/mol. The fourth-order valence-electron chi connectivity index (χ4n) is 4.24. The largest absolute Gasteiger partial charge is 0.340 e. The fraction of sp³-hybridized carbons (Fsp3) is 0.688. The lowest BCUT2D eigenvalue weighted by molar-refractivity contribution is 0.0558. The van der Waals surface area contributed by atoms with E-state index in [0.717, 1.165) is 31.4 Å². The van der Waals surface area contributed by atoms with Gasteiger partial charge in [0.25, 0.3) is 5.91 Å². The van der Waals surface area contributed by atoms with Crippen LogP contribution in [0.25, 0.3) is 0 Å². The van der Waals surface area contributed by atoms with Crippen molar-refractivity contribution >= 4 is 5.91 Å². The molecule has 3 heterocycles. The van der Waals surface area contributed by atoms with Gasteiger partial charge in [0.15, 0.2) is 0 Å². The Balaban J connectivity index is 1.60. The maximum Gasteiger partial charge on any atom is 0.270 e. The number of carbonyl (C=O) groups excluding carboxylic acids is 1. The predicted molar refractivity (Wildman–Crippen MR) is 77.5 cm³/mol. The van der Waals surface area contributed by atoms with Gasteiger partial charge >= 0.3 is 0 Å². The molecule has 20 heavy (non-hydrogen) atoms. The van der Waals surface area contributed by atoms with Crippen molar-refractivity contribution in [1.82, 2.24) is 9.47 Å². The average Bonchev–Trinajstić information content (AvgIpc) is 2.91. The summed E-state index contributed by atoms with van der Waals surface area (Å²) in [7, 11) is 0. The average molecular weight is 273 g/mol. The summed E-state index contributed by atoms with van der Waals surface area (Å²) in [4.78, 5) is 15.1. The van der Waals surface area contributed by atoms with Crippen LogP contribution < -0.4 is 5.73 Å². The second-order valence-corrected chi connectivity index (χ2v) is 6.71. The molecule has 0 spiro atoms. The van der Waals surface area contributed by atoms with E-state index >= 15 is 0 Å². The van der Waals surface area contributed by atoms with E-state index in [-0.39, 0.29) is 11.9 Å². The molecule has 1 aromatic heterocycles. The molecule has 0 aromatic carbocycles. The van der Waals surface area contributed by atoms with Crippen molar-refractivity contribution in [3.05, 3.63) is 24.0 Å². The first-order valence-electron chi connectivity index (χ1n) is 7.99. The van der Waals surface area contributed by atoms with Gasteiger partial charge in [-0.25, -0.2) is 0 Å². The number of amides is 1. The zero-order valence-electron chi connectivity index (χ0n) is 11.9. The van der Waals surface area contributed by atoms with Crippen LogP contribution in [-0.2, 0) is 0 Å². The maximum atomic E-state index is 13.0. The summed E-state index contributed by atoms with van der Waals surface area (Å²) in [5.74, 6) is 0.237. The van der Waals surface area contributed by atoms with E-state index in [4.69, 9.17) is 5.73 Å². The number of hydrogen-bond acceptors (Lipinski definition) is 2. The predicted octanol–water partition coefficient (Wildman–Crippen LogP) is 2.31. The molecule has 4 nitrogen and oxygen atoms in total. The van der Waals surface area contributed by atoms with Crippen molar-refractivity contribution in [2.45, 2.75) is 69.1 Å². The third-order valence-corrected chi connectivity index (χ3v) is 5.47. The Morgan fingerprint density at radius 1 is 1.10 bits per heavy atom. The van der Waals surface area contributed by atoms with Gasteiger partial charge in [0.1, 0.15) is 5.69 Å². The highest BCUT2D eigenvalue weighted by molar-refractivity contribution is 5.93. The third kappa shape index (κ3) is 1.81. The standard InChI is InChI=1S/C16H23N3O/c17-11-9-13-6-7-14(10-11)19(13)16(20)15-5-2-8-18(15)12-3-1-4-12/h2,5,8,11-14H,1,3-4,6-7,9-10,17H2. The molecule has 1 aromatic rings. The lowest BCUT2D eigenvalue weighted by Crippen LogP contribution is -2.50. The molecule has 1 aliphatic carbocycles. The lowest BCUT2D eigenvalue weighted by atomic mass is 9.92. The molecule has 3 fully saturated rings. The molecule has 0 radical (unpaired) electrons. The van der Waals surface area contributed by atoms with Crippen LogP contribution in [-0.4, -0.2) is 33.5 Å². The number of hydrogen-bond donors (Lipinski definition) is 1. The van der Waals surface area contributed by atoms with E-state index in [2.05, 4.69) is 15.7 Å². The Morgan fingerprint density at radius 2 is 1.80 bits per heavy atom. The minimum Gasteiger partial charge on any atom is -0.340 e. The Hall–Kier alpha value is -1.29. The van der Waals surface area contributed by atoms with Crippen LogP contribution in [0, 0.1) is 0 Å².